The maximum atomic E-state index is 13.3. The molecular weight excluding hydrogens is 240 g/mol. The molecule has 1 aromatic carbocycles. The van der Waals surface area contributed by atoms with Crippen molar-refractivity contribution in [1.82, 2.24) is 5.32 Å². The molecule has 18 heavy (non-hydrogen) atoms. The van der Waals surface area contributed by atoms with Crippen LogP contribution in [0.25, 0.3) is 0 Å². The van der Waals surface area contributed by atoms with Crippen LogP contribution in [0.4, 0.5) is 8.78 Å². The van der Waals surface area contributed by atoms with Gasteiger partial charge in [0.2, 0.25) is 5.91 Å². The number of rotatable bonds is 3. The standard InChI is InChI=1S/C13H15F2NO2/c14-11-2-1-3-12(15)10(11)8-16-13(17)9-4-6-18-7-5-9/h1-3,9H,4-8H2,(H,16,17). The Morgan fingerprint density at radius 2 is 1.89 bits per heavy atom. The first-order chi connectivity index (χ1) is 8.68. The second-order valence-corrected chi connectivity index (χ2v) is 4.30. The van der Waals surface area contributed by atoms with Crippen LogP contribution < -0.4 is 5.32 Å². The molecule has 1 amide bonds. The number of amides is 1. The highest BCUT2D eigenvalue weighted by Gasteiger charge is 2.21. The molecular formula is C13H15F2NO2. The van der Waals surface area contributed by atoms with E-state index in [2.05, 4.69) is 5.32 Å². The number of hydrogen-bond acceptors (Lipinski definition) is 2. The molecule has 1 aliphatic heterocycles. The summed E-state index contributed by atoms with van der Waals surface area (Å²) in [6, 6.07) is 3.66. The first-order valence-electron chi connectivity index (χ1n) is 5.97. The van der Waals surface area contributed by atoms with Gasteiger partial charge >= 0.3 is 0 Å². The normalized spacial score (nSPS) is 16.6. The Hall–Kier alpha value is -1.49. The maximum Gasteiger partial charge on any atom is 0.223 e. The molecule has 3 nitrogen and oxygen atoms in total. The molecule has 0 saturated carbocycles. The second kappa shape index (κ2) is 5.91. The van der Waals surface area contributed by atoms with E-state index >= 15 is 0 Å². The van der Waals surface area contributed by atoms with Gasteiger partial charge in [-0.15, -0.1) is 0 Å². The largest absolute Gasteiger partial charge is 0.381 e. The average molecular weight is 255 g/mol. The van der Waals surface area contributed by atoms with Crippen molar-refractivity contribution >= 4 is 5.91 Å². The molecule has 0 radical (unpaired) electrons. The van der Waals surface area contributed by atoms with Gasteiger partial charge in [-0.3, -0.25) is 4.79 Å². The van der Waals surface area contributed by atoms with Crippen LogP contribution in [-0.4, -0.2) is 19.1 Å². The lowest BCUT2D eigenvalue weighted by Crippen LogP contribution is -2.34. The van der Waals surface area contributed by atoms with Crippen molar-refractivity contribution in [3.8, 4) is 0 Å². The van der Waals surface area contributed by atoms with Crippen LogP contribution in [0, 0.1) is 17.6 Å². The van der Waals surface area contributed by atoms with Gasteiger partial charge in [-0.1, -0.05) is 6.07 Å². The van der Waals surface area contributed by atoms with Gasteiger partial charge in [0, 0.05) is 31.2 Å². The minimum Gasteiger partial charge on any atom is -0.381 e. The highest BCUT2D eigenvalue weighted by atomic mass is 19.1. The average Bonchev–Trinajstić information content (AvgIpc) is 2.39. The van der Waals surface area contributed by atoms with Gasteiger partial charge in [0.15, 0.2) is 0 Å². The van der Waals surface area contributed by atoms with Crippen LogP contribution in [0.3, 0.4) is 0 Å². The third-order valence-corrected chi connectivity index (χ3v) is 3.09. The molecule has 1 saturated heterocycles. The molecule has 0 bridgehead atoms. The maximum absolute atomic E-state index is 13.3. The van der Waals surface area contributed by atoms with Crippen molar-refractivity contribution in [1.29, 1.82) is 0 Å². The summed E-state index contributed by atoms with van der Waals surface area (Å²) in [7, 11) is 0. The monoisotopic (exact) mass is 255 g/mol. The Labute approximate surface area is 104 Å². The summed E-state index contributed by atoms with van der Waals surface area (Å²) >= 11 is 0. The fraction of sp³-hybridized carbons (Fsp3) is 0.462. The Balaban J connectivity index is 1.92. The van der Waals surface area contributed by atoms with E-state index < -0.39 is 11.6 Å². The van der Waals surface area contributed by atoms with Crippen molar-refractivity contribution in [3.63, 3.8) is 0 Å². The van der Waals surface area contributed by atoms with E-state index in [9.17, 15) is 13.6 Å². The van der Waals surface area contributed by atoms with E-state index in [1.54, 1.807) is 0 Å². The third kappa shape index (κ3) is 3.04. The number of halogens is 2. The summed E-state index contributed by atoms with van der Waals surface area (Å²) in [5, 5.41) is 2.58. The fourth-order valence-electron chi connectivity index (χ4n) is 1.98. The fourth-order valence-corrected chi connectivity index (χ4v) is 1.98. The SMILES string of the molecule is O=C(NCc1c(F)cccc1F)C1CCOCC1. The number of ether oxygens (including phenoxy) is 1. The lowest BCUT2D eigenvalue weighted by molar-refractivity contribution is -0.128. The first-order valence-corrected chi connectivity index (χ1v) is 5.97. The minimum atomic E-state index is -0.637. The molecule has 0 atom stereocenters. The number of carbonyl (C=O) groups excluding carboxylic acids is 1. The third-order valence-electron chi connectivity index (χ3n) is 3.09. The molecule has 0 aliphatic carbocycles. The molecule has 1 N–H and O–H groups in total. The van der Waals surface area contributed by atoms with Crippen LogP contribution in [-0.2, 0) is 16.1 Å². The van der Waals surface area contributed by atoms with Gasteiger partial charge in [-0.2, -0.15) is 0 Å². The Kier molecular flexibility index (Phi) is 4.25. The molecule has 1 aromatic rings. The molecule has 1 aliphatic rings. The van der Waals surface area contributed by atoms with Crippen molar-refractivity contribution in [2.45, 2.75) is 19.4 Å². The molecule has 0 aromatic heterocycles. The van der Waals surface area contributed by atoms with E-state index in [0.29, 0.717) is 26.1 Å². The van der Waals surface area contributed by atoms with Gasteiger partial charge in [-0.25, -0.2) is 8.78 Å². The predicted molar refractivity (Wildman–Crippen MR) is 61.7 cm³/mol. The van der Waals surface area contributed by atoms with Gasteiger partial charge < -0.3 is 10.1 Å². The van der Waals surface area contributed by atoms with Crippen LogP contribution in [0.1, 0.15) is 18.4 Å². The molecule has 1 fully saturated rings. The smallest absolute Gasteiger partial charge is 0.223 e. The highest BCUT2D eigenvalue weighted by molar-refractivity contribution is 5.78. The number of carbonyl (C=O) groups is 1. The second-order valence-electron chi connectivity index (χ2n) is 4.30. The van der Waals surface area contributed by atoms with E-state index in [-0.39, 0.29) is 23.9 Å². The highest BCUT2D eigenvalue weighted by Crippen LogP contribution is 2.16. The Bertz CT molecular complexity index is 411. The lowest BCUT2D eigenvalue weighted by atomic mass is 9.99. The zero-order chi connectivity index (χ0) is 13.0. The molecule has 1 heterocycles. The minimum absolute atomic E-state index is 0.0992. The quantitative estimate of drug-likeness (QED) is 0.897. The van der Waals surface area contributed by atoms with Gasteiger partial charge in [0.05, 0.1) is 0 Å². The topological polar surface area (TPSA) is 38.3 Å². The van der Waals surface area contributed by atoms with Crippen LogP contribution >= 0.6 is 0 Å². The summed E-state index contributed by atoms with van der Waals surface area (Å²) in [5.41, 5.74) is -0.0992. The molecule has 98 valence electrons. The summed E-state index contributed by atoms with van der Waals surface area (Å²) < 4.78 is 31.8. The van der Waals surface area contributed by atoms with Crippen molar-refractivity contribution in [3.05, 3.63) is 35.4 Å². The van der Waals surface area contributed by atoms with E-state index in [1.165, 1.54) is 18.2 Å². The van der Waals surface area contributed by atoms with Crippen molar-refractivity contribution in [2.75, 3.05) is 13.2 Å². The Morgan fingerprint density at radius 3 is 2.50 bits per heavy atom. The first kappa shape index (κ1) is 13.0. The van der Waals surface area contributed by atoms with Gasteiger partial charge in [0.1, 0.15) is 11.6 Å². The summed E-state index contributed by atoms with van der Waals surface area (Å²) in [5.74, 6) is -1.56. The van der Waals surface area contributed by atoms with E-state index in [4.69, 9.17) is 4.74 Å². The van der Waals surface area contributed by atoms with Crippen LogP contribution in [0.5, 0.6) is 0 Å². The van der Waals surface area contributed by atoms with Crippen LogP contribution in [0.15, 0.2) is 18.2 Å². The predicted octanol–water partition coefficient (Wildman–Crippen LogP) is 2.01. The van der Waals surface area contributed by atoms with Crippen molar-refractivity contribution < 1.29 is 18.3 Å². The number of benzene rings is 1. The lowest BCUT2D eigenvalue weighted by Gasteiger charge is -2.21. The van der Waals surface area contributed by atoms with E-state index in [0.717, 1.165) is 0 Å². The molecule has 2 rings (SSSR count). The molecule has 5 heteroatoms. The van der Waals surface area contributed by atoms with Gasteiger partial charge in [-0.05, 0) is 25.0 Å². The summed E-state index contributed by atoms with van der Waals surface area (Å²) in [6.45, 7) is 1.01. The molecule has 0 unspecified atom stereocenters. The summed E-state index contributed by atoms with van der Waals surface area (Å²) in [4.78, 5) is 11.8. The van der Waals surface area contributed by atoms with Gasteiger partial charge in [0.25, 0.3) is 0 Å². The van der Waals surface area contributed by atoms with Crippen molar-refractivity contribution in [2.24, 2.45) is 5.92 Å². The summed E-state index contributed by atoms with van der Waals surface area (Å²) in [6.07, 6.45) is 1.32. The Morgan fingerprint density at radius 1 is 1.28 bits per heavy atom. The molecule has 0 spiro atoms. The zero-order valence-electron chi connectivity index (χ0n) is 9.92. The number of nitrogens with one attached hydrogen (secondary N) is 1. The number of hydrogen-bond donors (Lipinski definition) is 1. The van der Waals surface area contributed by atoms with Crippen LogP contribution in [0.2, 0.25) is 0 Å². The zero-order valence-corrected chi connectivity index (χ0v) is 9.92. The van der Waals surface area contributed by atoms with E-state index in [1.807, 2.05) is 0 Å².